The second-order valence-corrected chi connectivity index (χ2v) is 8.51. The number of nitrogens with one attached hydrogen (secondary N) is 1. The first-order valence-electron chi connectivity index (χ1n) is 9.89. The number of ether oxygens (including phenoxy) is 1. The summed E-state index contributed by atoms with van der Waals surface area (Å²) in [5.41, 5.74) is 2.85. The number of benzene rings is 2. The number of nitrogens with zero attached hydrogens (tertiary/aromatic N) is 1. The molecule has 30 heavy (non-hydrogen) atoms. The lowest BCUT2D eigenvalue weighted by molar-refractivity contribution is 0.0239. The lowest BCUT2D eigenvalue weighted by atomic mass is 9.97. The van der Waals surface area contributed by atoms with Gasteiger partial charge in [0, 0.05) is 17.2 Å². The fourth-order valence-electron chi connectivity index (χ4n) is 2.90. The molecule has 1 aliphatic carbocycles. The summed E-state index contributed by atoms with van der Waals surface area (Å²) in [6.45, 7) is 7.04. The summed E-state index contributed by atoms with van der Waals surface area (Å²) < 4.78 is 5.12. The quantitative estimate of drug-likeness (QED) is 0.454. The van der Waals surface area contributed by atoms with Crippen molar-refractivity contribution in [1.29, 1.82) is 0 Å². The van der Waals surface area contributed by atoms with Gasteiger partial charge in [0.25, 0.3) is 11.8 Å². The number of nitrogens with two attached hydrogens (primary N) is 1. The van der Waals surface area contributed by atoms with E-state index in [1.54, 1.807) is 45.0 Å². The number of hydrogen-bond donors (Lipinski definition) is 2. The number of rotatable bonds is 4. The van der Waals surface area contributed by atoms with Crippen LogP contribution >= 0.6 is 0 Å². The van der Waals surface area contributed by atoms with Crippen LogP contribution in [0.4, 0.5) is 4.79 Å². The van der Waals surface area contributed by atoms with Crippen LogP contribution < -0.4 is 11.2 Å². The number of amides is 3. The third kappa shape index (κ3) is 5.24. The molecule has 3 amide bonds. The van der Waals surface area contributed by atoms with Gasteiger partial charge in [-0.1, -0.05) is 18.2 Å². The number of carbonyl (C=O) groups excluding carboxylic acids is 3. The van der Waals surface area contributed by atoms with E-state index in [1.807, 2.05) is 25.1 Å². The summed E-state index contributed by atoms with van der Waals surface area (Å²) >= 11 is 0. The van der Waals surface area contributed by atoms with E-state index < -0.39 is 17.6 Å². The van der Waals surface area contributed by atoms with Crippen LogP contribution in [0.25, 0.3) is 11.1 Å². The largest absolute Gasteiger partial charge is 0.442 e. The highest BCUT2D eigenvalue weighted by atomic mass is 16.6. The van der Waals surface area contributed by atoms with Crippen molar-refractivity contribution in [2.24, 2.45) is 5.84 Å². The standard InChI is InChI=1S/C23H27N3O4/c1-14-5-6-17(20(27)25-18-11-12-18)13-19(14)15-7-9-16(10-8-15)21(28)26(24)22(29)30-23(2,3)4/h5-10,13,18H,11-12,24H2,1-4H3,(H,25,27). The maximum absolute atomic E-state index is 12.5. The second-order valence-electron chi connectivity index (χ2n) is 8.51. The number of aryl methyl sites for hydroxylation is 1. The molecule has 1 fully saturated rings. The van der Waals surface area contributed by atoms with E-state index in [1.165, 1.54) is 0 Å². The number of imide groups is 1. The summed E-state index contributed by atoms with van der Waals surface area (Å²) in [4.78, 5) is 36.8. The average molecular weight is 409 g/mol. The first kappa shape index (κ1) is 21.5. The molecule has 2 aromatic carbocycles. The summed E-state index contributed by atoms with van der Waals surface area (Å²) in [5, 5.41) is 3.45. The Labute approximate surface area is 176 Å². The molecule has 0 heterocycles. The van der Waals surface area contributed by atoms with Gasteiger partial charge in [0.2, 0.25) is 0 Å². The normalized spacial score (nSPS) is 13.5. The van der Waals surface area contributed by atoms with Crippen LogP contribution in [0.3, 0.4) is 0 Å². The monoisotopic (exact) mass is 409 g/mol. The van der Waals surface area contributed by atoms with Gasteiger partial charge >= 0.3 is 6.09 Å². The van der Waals surface area contributed by atoms with Crippen LogP contribution in [0.2, 0.25) is 0 Å². The molecule has 0 radical (unpaired) electrons. The molecule has 0 saturated heterocycles. The van der Waals surface area contributed by atoms with Gasteiger partial charge in [0.05, 0.1) is 0 Å². The van der Waals surface area contributed by atoms with Crippen molar-refractivity contribution in [3.05, 3.63) is 59.2 Å². The average Bonchev–Trinajstić information content (AvgIpc) is 3.50. The van der Waals surface area contributed by atoms with Gasteiger partial charge < -0.3 is 10.1 Å². The molecule has 0 aliphatic heterocycles. The van der Waals surface area contributed by atoms with Gasteiger partial charge in [-0.15, -0.1) is 0 Å². The third-order valence-electron chi connectivity index (χ3n) is 4.66. The number of carbonyl (C=O) groups is 3. The van der Waals surface area contributed by atoms with Crippen molar-refractivity contribution >= 4 is 17.9 Å². The van der Waals surface area contributed by atoms with Gasteiger partial charge in [0.1, 0.15) is 5.60 Å². The number of hydrogen-bond acceptors (Lipinski definition) is 5. The molecule has 7 nitrogen and oxygen atoms in total. The molecule has 1 aliphatic rings. The Morgan fingerprint density at radius 1 is 1.03 bits per heavy atom. The molecule has 0 atom stereocenters. The lowest BCUT2D eigenvalue weighted by Gasteiger charge is -2.23. The van der Waals surface area contributed by atoms with E-state index >= 15 is 0 Å². The van der Waals surface area contributed by atoms with Gasteiger partial charge in [-0.2, -0.15) is 5.01 Å². The van der Waals surface area contributed by atoms with Crippen molar-refractivity contribution in [2.45, 2.75) is 52.2 Å². The molecule has 0 spiro atoms. The lowest BCUT2D eigenvalue weighted by Crippen LogP contribution is -2.45. The van der Waals surface area contributed by atoms with E-state index in [-0.39, 0.29) is 17.5 Å². The van der Waals surface area contributed by atoms with Crippen molar-refractivity contribution in [3.63, 3.8) is 0 Å². The molecule has 158 valence electrons. The minimum atomic E-state index is -0.915. The van der Waals surface area contributed by atoms with Crippen molar-refractivity contribution in [2.75, 3.05) is 0 Å². The molecule has 1 saturated carbocycles. The highest BCUT2D eigenvalue weighted by molar-refractivity contribution is 6.02. The molecule has 2 aromatic rings. The highest BCUT2D eigenvalue weighted by Crippen LogP contribution is 2.26. The smallest absolute Gasteiger partial charge is 0.432 e. The zero-order valence-corrected chi connectivity index (χ0v) is 17.7. The molecule has 0 bridgehead atoms. The maximum atomic E-state index is 12.5. The molecule has 3 N–H and O–H groups in total. The summed E-state index contributed by atoms with van der Waals surface area (Å²) in [7, 11) is 0. The van der Waals surface area contributed by atoms with Gasteiger partial charge in [-0.25, -0.2) is 10.6 Å². The topological polar surface area (TPSA) is 102 Å². The molecule has 3 rings (SSSR count). The van der Waals surface area contributed by atoms with Gasteiger partial charge in [-0.3, -0.25) is 9.59 Å². The molecule has 0 aromatic heterocycles. The van der Waals surface area contributed by atoms with Crippen LogP contribution in [0.1, 0.15) is 59.9 Å². The van der Waals surface area contributed by atoms with Crippen LogP contribution in [0, 0.1) is 6.92 Å². The predicted molar refractivity (Wildman–Crippen MR) is 114 cm³/mol. The Hall–Kier alpha value is -3.19. The van der Waals surface area contributed by atoms with Crippen molar-refractivity contribution in [1.82, 2.24) is 10.3 Å². The van der Waals surface area contributed by atoms with E-state index in [4.69, 9.17) is 10.6 Å². The van der Waals surface area contributed by atoms with E-state index in [9.17, 15) is 14.4 Å². The zero-order valence-electron chi connectivity index (χ0n) is 17.7. The highest BCUT2D eigenvalue weighted by Gasteiger charge is 2.26. The number of hydrazine groups is 1. The van der Waals surface area contributed by atoms with E-state index in [2.05, 4.69) is 5.32 Å². The van der Waals surface area contributed by atoms with Crippen LogP contribution in [-0.2, 0) is 4.74 Å². The first-order chi connectivity index (χ1) is 14.0. The third-order valence-corrected chi connectivity index (χ3v) is 4.66. The minimum Gasteiger partial charge on any atom is -0.442 e. The molecular weight excluding hydrogens is 382 g/mol. The van der Waals surface area contributed by atoms with Gasteiger partial charge in [-0.05, 0) is 81.5 Å². The Morgan fingerprint density at radius 3 is 2.20 bits per heavy atom. The van der Waals surface area contributed by atoms with Crippen LogP contribution in [0.5, 0.6) is 0 Å². The van der Waals surface area contributed by atoms with E-state index in [0.29, 0.717) is 10.6 Å². The summed E-state index contributed by atoms with van der Waals surface area (Å²) in [6, 6.07) is 12.6. The SMILES string of the molecule is Cc1ccc(C(=O)NC2CC2)cc1-c1ccc(C(=O)N(N)C(=O)OC(C)(C)C)cc1. The minimum absolute atomic E-state index is 0.0818. The Morgan fingerprint density at radius 2 is 1.63 bits per heavy atom. The summed E-state index contributed by atoms with van der Waals surface area (Å²) in [5.74, 6) is 4.89. The Balaban J connectivity index is 1.77. The maximum Gasteiger partial charge on any atom is 0.432 e. The Kier molecular flexibility index (Phi) is 5.94. The second kappa shape index (κ2) is 8.28. The predicted octanol–water partition coefficient (Wildman–Crippen LogP) is 3.81. The van der Waals surface area contributed by atoms with Gasteiger partial charge in [0.15, 0.2) is 0 Å². The fraction of sp³-hybridized carbons (Fsp3) is 0.348. The van der Waals surface area contributed by atoms with Crippen molar-refractivity contribution < 1.29 is 19.1 Å². The summed E-state index contributed by atoms with van der Waals surface area (Å²) in [6.07, 6.45) is 1.14. The first-order valence-corrected chi connectivity index (χ1v) is 9.89. The fourth-order valence-corrected chi connectivity index (χ4v) is 2.90. The van der Waals surface area contributed by atoms with Crippen LogP contribution in [-0.4, -0.2) is 34.6 Å². The zero-order chi connectivity index (χ0) is 22.1. The van der Waals surface area contributed by atoms with E-state index in [0.717, 1.165) is 29.5 Å². The van der Waals surface area contributed by atoms with Crippen LogP contribution in [0.15, 0.2) is 42.5 Å². The van der Waals surface area contributed by atoms with Crippen molar-refractivity contribution in [3.8, 4) is 11.1 Å². The molecule has 0 unspecified atom stereocenters. The Bertz CT molecular complexity index is 973. The molecule has 7 heteroatoms. The molecular formula is C23H27N3O4.